The number of nitrogens with one attached hydrogen (secondary N) is 2. The fraction of sp³-hybridized carbons (Fsp3) is 0.440. The molecule has 0 radical (unpaired) electrons. The number of carbonyl (C=O) groups is 2. The van der Waals surface area contributed by atoms with Crippen molar-refractivity contribution >= 4 is 29.1 Å². The summed E-state index contributed by atoms with van der Waals surface area (Å²) in [6.45, 7) is 6.73. The Hall–Kier alpha value is -3.87. The van der Waals surface area contributed by atoms with E-state index in [-0.39, 0.29) is 19.0 Å². The van der Waals surface area contributed by atoms with E-state index in [1.54, 1.807) is 24.5 Å². The molecule has 2 saturated heterocycles. The molecule has 2 aliphatic rings. The summed E-state index contributed by atoms with van der Waals surface area (Å²) in [7, 11) is 0. The van der Waals surface area contributed by atoms with Crippen LogP contribution >= 0.6 is 0 Å². The Morgan fingerprint density at radius 1 is 1.37 bits per heavy atom. The maximum Gasteiger partial charge on any atom is 0.414 e. The molecule has 10 heteroatoms. The predicted octanol–water partition coefficient (Wildman–Crippen LogP) is 3.29. The first kappa shape index (κ1) is 24.3. The Labute approximate surface area is 203 Å². The number of carbonyl (C=O) groups excluding carboxylic acids is 2. The molecule has 0 aliphatic carbocycles. The van der Waals surface area contributed by atoms with Crippen molar-refractivity contribution in [2.45, 2.75) is 38.8 Å². The molecule has 2 fully saturated rings. The van der Waals surface area contributed by atoms with Crippen molar-refractivity contribution in [2.75, 3.05) is 41.3 Å². The lowest BCUT2D eigenvalue weighted by molar-refractivity contribution is -0.119. The Morgan fingerprint density at radius 3 is 2.80 bits per heavy atom. The molecular weight excluding hydrogens is 451 g/mol. The largest absolute Gasteiger partial charge is 0.442 e. The molecule has 1 aromatic carbocycles. The lowest BCUT2D eigenvalue weighted by atomic mass is 9.68. The van der Waals surface area contributed by atoms with Crippen LogP contribution in [0.3, 0.4) is 0 Å². The maximum atomic E-state index is 15.3. The third-order valence-electron chi connectivity index (χ3n) is 6.74. The second kappa shape index (κ2) is 9.41. The van der Waals surface area contributed by atoms with Gasteiger partial charge in [-0.1, -0.05) is 13.8 Å². The number of pyridine rings is 1. The number of piperidine rings is 1. The highest BCUT2D eigenvalue weighted by molar-refractivity contribution is 5.90. The van der Waals surface area contributed by atoms with Crippen LogP contribution < -0.4 is 20.4 Å². The lowest BCUT2D eigenvalue weighted by Gasteiger charge is -2.50. The summed E-state index contributed by atoms with van der Waals surface area (Å²) in [5.41, 5.74) is 0.210. The van der Waals surface area contributed by atoms with Crippen LogP contribution in [0.1, 0.15) is 27.2 Å². The maximum absolute atomic E-state index is 15.3. The molecule has 35 heavy (non-hydrogen) atoms. The SMILES string of the molecule is CC(=O)NC[C@H]1CN(c2ccc(N3CCC(C#N)(Nc4cccnc4)C(C)(C)C3)c(F)c2)C(=O)O1. The number of anilines is 3. The van der Waals surface area contributed by atoms with Gasteiger partial charge in [0.1, 0.15) is 17.5 Å². The van der Waals surface area contributed by atoms with Crippen molar-refractivity contribution in [3.8, 4) is 6.07 Å². The standard InChI is InChI=1S/C25H29FN6O3/c1-17(33)29-13-20-14-32(23(34)35-20)19-6-7-22(21(26)11-19)31-10-8-25(15-27,24(2,3)16-31)30-18-5-4-9-28-12-18/h4-7,9,11-12,20,30H,8,10,13-14,16H2,1-3H3,(H,29,33)/t20-,25?/m0/s1. The Balaban J connectivity index is 1.48. The zero-order valence-electron chi connectivity index (χ0n) is 20.0. The van der Waals surface area contributed by atoms with E-state index in [1.807, 2.05) is 30.9 Å². The third kappa shape index (κ3) is 4.85. The molecule has 2 amide bonds. The molecule has 1 aromatic heterocycles. The topological polar surface area (TPSA) is 111 Å². The summed E-state index contributed by atoms with van der Waals surface area (Å²) in [6, 6.07) is 10.8. The molecule has 2 N–H and O–H groups in total. The van der Waals surface area contributed by atoms with E-state index >= 15 is 4.39 Å². The zero-order valence-corrected chi connectivity index (χ0v) is 20.0. The van der Waals surface area contributed by atoms with Crippen molar-refractivity contribution in [1.82, 2.24) is 10.3 Å². The molecule has 3 heterocycles. The number of halogens is 1. The van der Waals surface area contributed by atoms with E-state index in [1.165, 1.54) is 17.9 Å². The number of ether oxygens (including phenoxy) is 1. The highest BCUT2D eigenvalue weighted by atomic mass is 19.1. The van der Waals surface area contributed by atoms with Crippen LogP contribution in [0.15, 0.2) is 42.7 Å². The quantitative estimate of drug-likeness (QED) is 0.653. The number of aromatic nitrogens is 1. The van der Waals surface area contributed by atoms with Gasteiger partial charge < -0.3 is 20.3 Å². The number of rotatable bonds is 6. The molecule has 4 rings (SSSR count). The minimum atomic E-state index is -0.842. The summed E-state index contributed by atoms with van der Waals surface area (Å²) >= 11 is 0. The second-order valence-electron chi connectivity index (χ2n) is 9.63. The molecule has 9 nitrogen and oxygen atoms in total. The average Bonchev–Trinajstić information content (AvgIpc) is 3.20. The van der Waals surface area contributed by atoms with E-state index in [9.17, 15) is 14.9 Å². The van der Waals surface area contributed by atoms with Crippen molar-refractivity contribution in [3.63, 3.8) is 0 Å². The van der Waals surface area contributed by atoms with E-state index in [0.29, 0.717) is 30.9 Å². The van der Waals surface area contributed by atoms with Crippen LogP contribution in [0.5, 0.6) is 0 Å². The molecule has 184 valence electrons. The number of hydrogen-bond acceptors (Lipinski definition) is 7. The summed E-state index contributed by atoms with van der Waals surface area (Å²) in [5, 5.41) is 16.1. The summed E-state index contributed by atoms with van der Waals surface area (Å²) < 4.78 is 20.5. The first-order chi connectivity index (χ1) is 16.6. The highest BCUT2D eigenvalue weighted by Crippen LogP contribution is 2.42. The van der Waals surface area contributed by atoms with Gasteiger partial charge in [0.05, 0.1) is 36.2 Å². The third-order valence-corrected chi connectivity index (χ3v) is 6.74. The lowest BCUT2D eigenvalue weighted by Crippen LogP contribution is -2.60. The van der Waals surface area contributed by atoms with Gasteiger partial charge in [-0.05, 0) is 30.3 Å². The number of amides is 2. The van der Waals surface area contributed by atoms with Gasteiger partial charge in [-0.2, -0.15) is 5.26 Å². The molecule has 0 bridgehead atoms. The van der Waals surface area contributed by atoms with Crippen LogP contribution in [0, 0.1) is 22.6 Å². The molecule has 2 atom stereocenters. The van der Waals surface area contributed by atoms with E-state index in [2.05, 4.69) is 21.7 Å². The van der Waals surface area contributed by atoms with Crippen LogP contribution in [0.25, 0.3) is 0 Å². The van der Waals surface area contributed by atoms with Crippen molar-refractivity contribution < 1.29 is 18.7 Å². The van der Waals surface area contributed by atoms with Gasteiger partial charge in [-0.15, -0.1) is 0 Å². The molecule has 0 saturated carbocycles. The molecular formula is C25H29FN6O3. The minimum absolute atomic E-state index is 0.203. The van der Waals surface area contributed by atoms with Crippen LogP contribution in [-0.4, -0.2) is 54.8 Å². The van der Waals surface area contributed by atoms with Crippen molar-refractivity contribution in [3.05, 3.63) is 48.5 Å². The van der Waals surface area contributed by atoms with Gasteiger partial charge in [0, 0.05) is 44.2 Å². The first-order valence-corrected chi connectivity index (χ1v) is 11.5. The Kier molecular flexibility index (Phi) is 6.52. The van der Waals surface area contributed by atoms with Crippen LogP contribution in [0.4, 0.5) is 26.2 Å². The molecule has 1 unspecified atom stereocenters. The molecule has 2 aliphatic heterocycles. The Bertz CT molecular complexity index is 1150. The second-order valence-corrected chi connectivity index (χ2v) is 9.63. The number of nitriles is 1. The van der Waals surface area contributed by atoms with Crippen LogP contribution in [0.2, 0.25) is 0 Å². The average molecular weight is 481 g/mol. The molecule has 0 spiro atoms. The Morgan fingerprint density at radius 2 is 2.17 bits per heavy atom. The van der Waals surface area contributed by atoms with E-state index in [0.717, 1.165) is 5.69 Å². The van der Waals surface area contributed by atoms with Crippen molar-refractivity contribution in [1.29, 1.82) is 5.26 Å². The zero-order chi connectivity index (χ0) is 25.2. The number of benzene rings is 1. The summed E-state index contributed by atoms with van der Waals surface area (Å²) in [4.78, 5) is 30.8. The van der Waals surface area contributed by atoms with Gasteiger partial charge >= 0.3 is 6.09 Å². The van der Waals surface area contributed by atoms with Gasteiger partial charge in [0.2, 0.25) is 5.91 Å². The normalized spacial score (nSPS) is 23.4. The van der Waals surface area contributed by atoms with Gasteiger partial charge in [0.25, 0.3) is 0 Å². The fourth-order valence-electron chi connectivity index (χ4n) is 4.70. The van der Waals surface area contributed by atoms with E-state index in [4.69, 9.17) is 4.74 Å². The molecule has 2 aromatic rings. The first-order valence-electron chi connectivity index (χ1n) is 11.5. The van der Waals surface area contributed by atoms with Gasteiger partial charge in [-0.25, -0.2) is 9.18 Å². The number of hydrogen-bond donors (Lipinski definition) is 2. The highest BCUT2D eigenvalue weighted by Gasteiger charge is 2.50. The van der Waals surface area contributed by atoms with Gasteiger partial charge in [0.15, 0.2) is 0 Å². The van der Waals surface area contributed by atoms with Crippen LogP contribution in [-0.2, 0) is 9.53 Å². The van der Waals surface area contributed by atoms with Crippen molar-refractivity contribution in [2.24, 2.45) is 5.41 Å². The van der Waals surface area contributed by atoms with Gasteiger partial charge in [-0.3, -0.25) is 14.7 Å². The summed E-state index contributed by atoms with van der Waals surface area (Å²) in [5.74, 6) is -0.670. The minimum Gasteiger partial charge on any atom is -0.442 e. The fourth-order valence-corrected chi connectivity index (χ4v) is 4.70. The smallest absolute Gasteiger partial charge is 0.414 e. The predicted molar refractivity (Wildman–Crippen MR) is 130 cm³/mol. The van der Waals surface area contributed by atoms with E-state index < -0.39 is 29.0 Å². The monoisotopic (exact) mass is 480 g/mol. The summed E-state index contributed by atoms with van der Waals surface area (Å²) in [6.07, 6.45) is 2.77. The number of cyclic esters (lactones) is 1. The number of nitrogens with zero attached hydrogens (tertiary/aromatic N) is 4.